The van der Waals surface area contributed by atoms with Gasteiger partial charge in [-0.3, -0.25) is 9.59 Å². The summed E-state index contributed by atoms with van der Waals surface area (Å²) in [4.78, 5) is 26.1. The third-order valence-corrected chi connectivity index (χ3v) is 5.06. The molecule has 0 aliphatic carbocycles. The number of amides is 2. The minimum Gasteiger partial charge on any atom is -0.489 e. The number of hydrogen-bond acceptors (Lipinski definition) is 4. The average Bonchev–Trinajstić information content (AvgIpc) is 3.01. The van der Waals surface area contributed by atoms with E-state index in [4.69, 9.17) is 21.1 Å². The van der Waals surface area contributed by atoms with Crippen molar-refractivity contribution in [3.05, 3.63) is 58.6 Å². The molecule has 10 heteroatoms. The van der Waals surface area contributed by atoms with Crippen LogP contribution < -0.4 is 14.8 Å². The fraction of sp³-hybridized carbons (Fsp3) is 0.304. The van der Waals surface area contributed by atoms with Crippen LogP contribution in [0.15, 0.2) is 42.5 Å². The number of benzene rings is 2. The highest BCUT2D eigenvalue weighted by Crippen LogP contribution is 2.38. The largest absolute Gasteiger partial charge is 0.489 e. The summed E-state index contributed by atoms with van der Waals surface area (Å²) in [5.74, 6) is -0.306. The minimum absolute atomic E-state index is 0.180. The number of hydrogen-bond donors (Lipinski definition) is 1. The molecule has 0 radical (unpaired) electrons. The van der Waals surface area contributed by atoms with Crippen LogP contribution in [0.3, 0.4) is 0 Å². The van der Waals surface area contributed by atoms with E-state index in [1.54, 1.807) is 19.1 Å². The van der Waals surface area contributed by atoms with Crippen molar-refractivity contribution in [3.63, 3.8) is 0 Å². The van der Waals surface area contributed by atoms with Crippen LogP contribution in [0.1, 0.15) is 24.5 Å². The molecule has 2 amide bonds. The van der Waals surface area contributed by atoms with Crippen LogP contribution >= 0.6 is 11.6 Å². The summed E-state index contributed by atoms with van der Waals surface area (Å²) in [6.45, 7) is 2.40. The normalized spacial score (nSPS) is 13.5. The van der Waals surface area contributed by atoms with Crippen molar-refractivity contribution >= 4 is 35.2 Å². The number of fused-ring (bicyclic) bond motifs is 1. The Bertz CT molecular complexity index is 1060. The van der Waals surface area contributed by atoms with Crippen LogP contribution in [0.2, 0.25) is 5.02 Å². The van der Waals surface area contributed by atoms with Gasteiger partial charge < -0.3 is 19.7 Å². The molecule has 176 valence electrons. The number of nitrogens with zero attached hydrogens (tertiary/aromatic N) is 1. The number of ether oxygens (including phenoxy) is 2. The topological polar surface area (TPSA) is 67.9 Å². The molecule has 0 aromatic heterocycles. The van der Waals surface area contributed by atoms with Crippen molar-refractivity contribution in [1.82, 2.24) is 4.90 Å². The summed E-state index contributed by atoms with van der Waals surface area (Å²) in [5, 5.41) is 2.58. The fourth-order valence-electron chi connectivity index (χ4n) is 3.17. The third kappa shape index (κ3) is 6.41. The maximum atomic E-state index is 13.1. The molecule has 0 saturated carbocycles. The van der Waals surface area contributed by atoms with E-state index in [-0.39, 0.29) is 12.2 Å². The summed E-state index contributed by atoms with van der Waals surface area (Å²) in [7, 11) is 0. The van der Waals surface area contributed by atoms with Gasteiger partial charge in [-0.1, -0.05) is 23.7 Å². The van der Waals surface area contributed by atoms with Gasteiger partial charge in [0.25, 0.3) is 0 Å². The van der Waals surface area contributed by atoms with Gasteiger partial charge in [-0.2, -0.15) is 13.2 Å². The lowest BCUT2D eigenvalue weighted by Crippen LogP contribution is -2.37. The van der Waals surface area contributed by atoms with Crippen LogP contribution in [0.25, 0.3) is 6.08 Å². The van der Waals surface area contributed by atoms with Gasteiger partial charge in [0.05, 0.1) is 29.5 Å². The monoisotopic (exact) mass is 482 g/mol. The molecule has 0 bridgehead atoms. The highest BCUT2D eigenvalue weighted by atomic mass is 35.5. The second-order valence-corrected chi connectivity index (χ2v) is 7.56. The molecular weight excluding hydrogens is 461 g/mol. The molecule has 2 aromatic carbocycles. The lowest BCUT2D eigenvalue weighted by Gasteiger charge is -2.20. The van der Waals surface area contributed by atoms with E-state index < -0.39 is 30.1 Å². The van der Waals surface area contributed by atoms with Crippen LogP contribution in [0, 0.1) is 0 Å². The van der Waals surface area contributed by atoms with Gasteiger partial charge in [0, 0.05) is 19.0 Å². The number of rotatable bonds is 6. The summed E-state index contributed by atoms with van der Waals surface area (Å²) >= 11 is 6.25. The van der Waals surface area contributed by atoms with Crippen molar-refractivity contribution < 1.29 is 32.2 Å². The molecule has 1 aliphatic rings. The fourth-order valence-corrected chi connectivity index (χ4v) is 3.44. The van der Waals surface area contributed by atoms with E-state index in [0.29, 0.717) is 35.3 Å². The SMILES string of the molecule is CCN(CC(=O)Nc1ccccc1C(F)(F)F)C(=O)/C=C/c1cc(Cl)c2c(c1)OCCCO2. The zero-order chi connectivity index (χ0) is 24.0. The Labute approximate surface area is 193 Å². The van der Waals surface area contributed by atoms with Crippen molar-refractivity contribution in [2.75, 3.05) is 31.6 Å². The smallest absolute Gasteiger partial charge is 0.418 e. The Hall–Kier alpha value is -3.20. The predicted molar refractivity (Wildman–Crippen MR) is 118 cm³/mol. The lowest BCUT2D eigenvalue weighted by molar-refractivity contribution is -0.137. The number of anilines is 1. The van der Waals surface area contributed by atoms with Gasteiger partial charge in [0.2, 0.25) is 11.8 Å². The molecule has 1 aliphatic heterocycles. The maximum Gasteiger partial charge on any atom is 0.418 e. The molecule has 1 N–H and O–H groups in total. The molecule has 0 spiro atoms. The highest BCUT2D eigenvalue weighted by molar-refractivity contribution is 6.32. The summed E-state index contributed by atoms with van der Waals surface area (Å²) in [5.41, 5.74) is -0.730. The first-order chi connectivity index (χ1) is 15.7. The molecular formula is C23H22ClF3N2O4. The molecule has 0 atom stereocenters. The van der Waals surface area contributed by atoms with E-state index in [9.17, 15) is 22.8 Å². The number of carbonyl (C=O) groups is 2. The molecule has 3 rings (SSSR count). The number of likely N-dealkylation sites (N-methyl/N-ethyl adjacent to an activating group) is 1. The standard InChI is InChI=1S/C23H22ClF3N2O4/c1-2-29(14-20(30)28-18-7-4-3-6-16(18)23(25,26)27)21(31)9-8-15-12-17(24)22-19(13-15)32-10-5-11-33-22/h3-4,6-9,12-13H,2,5,10-11,14H2,1H3,(H,28,30)/b9-8+. The van der Waals surface area contributed by atoms with E-state index in [1.165, 1.54) is 29.2 Å². The van der Waals surface area contributed by atoms with E-state index in [1.807, 2.05) is 0 Å². The van der Waals surface area contributed by atoms with E-state index in [0.717, 1.165) is 18.6 Å². The third-order valence-electron chi connectivity index (χ3n) is 4.78. The molecule has 33 heavy (non-hydrogen) atoms. The van der Waals surface area contributed by atoms with Gasteiger partial charge in [-0.25, -0.2) is 0 Å². The van der Waals surface area contributed by atoms with Crippen molar-refractivity contribution in [2.24, 2.45) is 0 Å². The van der Waals surface area contributed by atoms with Crippen molar-refractivity contribution in [1.29, 1.82) is 0 Å². The maximum absolute atomic E-state index is 13.1. The number of halogens is 4. The molecule has 6 nitrogen and oxygen atoms in total. The van der Waals surface area contributed by atoms with Crippen molar-refractivity contribution in [2.45, 2.75) is 19.5 Å². The quantitative estimate of drug-likeness (QED) is 0.587. The molecule has 0 unspecified atom stereocenters. The van der Waals surface area contributed by atoms with Crippen LogP contribution in [0.4, 0.5) is 18.9 Å². The average molecular weight is 483 g/mol. The van der Waals surface area contributed by atoms with Gasteiger partial charge in [-0.05, 0) is 42.8 Å². The van der Waals surface area contributed by atoms with Gasteiger partial charge in [0.1, 0.15) is 6.54 Å². The Morgan fingerprint density at radius 3 is 2.64 bits per heavy atom. The van der Waals surface area contributed by atoms with Crippen LogP contribution in [-0.2, 0) is 15.8 Å². The molecule has 0 saturated heterocycles. The number of para-hydroxylation sites is 1. The van der Waals surface area contributed by atoms with Crippen molar-refractivity contribution in [3.8, 4) is 11.5 Å². The van der Waals surface area contributed by atoms with Crippen LogP contribution in [-0.4, -0.2) is 43.0 Å². The van der Waals surface area contributed by atoms with Gasteiger partial charge in [0.15, 0.2) is 11.5 Å². The molecule has 2 aromatic rings. The van der Waals surface area contributed by atoms with Gasteiger partial charge in [-0.15, -0.1) is 0 Å². The van der Waals surface area contributed by atoms with Crippen LogP contribution in [0.5, 0.6) is 11.5 Å². The second kappa shape index (κ2) is 10.6. The highest BCUT2D eigenvalue weighted by Gasteiger charge is 2.33. The number of nitrogens with one attached hydrogen (secondary N) is 1. The first-order valence-electron chi connectivity index (χ1n) is 10.2. The summed E-state index contributed by atoms with van der Waals surface area (Å²) in [6, 6.07) is 7.96. The minimum atomic E-state index is -4.61. The first kappa shape index (κ1) is 24.4. The summed E-state index contributed by atoms with van der Waals surface area (Å²) in [6.07, 6.45) is -1.12. The Morgan fingerprint density at radius 1 is 1.18 bits per heavy atom. The number of alkyl halides is 3. The summed E-state index contributed by atoms with van der Waals surface area (Å²) < 4.78 is 50.6. The lowest BCUT2D eigenvalue weighted by atomic mass is 10.1. The number of carbonyl (C=O) groups excluding carboxylic acids is 2. The molecule has 1 heterocycles. The Balaban J connectivity index is 1.67. The Morgan fingerprint density at radius 2 is 1.91 bits per heavy atom. The predicted octanol–water partition coefficient (Wildman–Crippen LogP) is 5.02. The van der Waals surface area contributed by atoms with Gasteiger partial charge >= 0.3 is 6.18 Å². The Kier molecular flexibility index (Phi) is 7.86. The van der Waals surface area contributed by atoms with E-state index >= 15 is 0 Å². The zero-order valence-electron chi connectivity index (χ0n) is 17.7. The first-order valence-corrected chi connectivity index (χ1v) is 10.6. The van der Waals surface area contributed by atoms with E-state index in [2.05, 4.69) is 5.32 Å². The second-order valence-electron chi connectivity index (χ2n) is 7.16. The molecule has 0 fully saturated rings. The zero-order valence-corrected chi connectivity index (χ0v) is 18.5.